The molecule has 0 bridgehead atoms. The minimum Gasteiger partial charge on any atom is -0.379 e. The number of amides is 1. The molecule has 2 N–H and O–H groups in total. The molecule has 2 aliphatic heterocycles. The average Bonchev–Trinajstić information content (AvgIpc) is 2.63. The predicted octanol–water partition coefficient (Wildman–Crippen LogP) is -0.0140. The molecule has 2 heterocycles. The van der Waals surface area contributed by atoms with Gasteiger partial charge in [-0.3, -0.25) is 4.79 Å². The van der Waals surface area contributed by atoms with Crippen molar-refractivity contribution in [2.75, 3.05) is 26.4 Å². The van der Waals surface area contributed by atoms with Gasteiger partial charge in [0.05, 0.1) is 37.4 Å². The van der Waals surface area contributed by atoms with E-state index < -0.39 is 5.41 Å². The van der Waals surface area contributed by atoms with Crippen LogP contribution in [0, 0.1) is 5.41 Å². The van der Waals surface area contributed by atoms with Crippen LogP contribution in [0.15, 0.2) is 0 Å². The number of hydrogen-bond acceptors (Lipinski definition) is 4. The first-order valence-corrected chi connectivity index (χ1v) is 6.21. The summed E-state index contributed by atoms with van der Waals surface area (Å²) in [5, 5.41) is 0. The summed E-state index contributed by atoms with van der Waals surface area (Å²) in [5.41, 5.74) is 5.42. The number of hydrogen-bond donors (Lipinski definition) is 1. The van der Waals surface area contributed by atoms with Crippen molar-refractivity contribution in [3.8, 4) is 0 Å². The lowest BCUT2D eigenvalue weighted by atomic mass is 9.83. The molecule has 4 atom stereocenters. The van der Waals surface area contributed by atoms with Crippen LogP contribution in [0.3, 0.4) is 0 Å². The first-order valence-electron chi connectivity index (χ1n) is 6.21. The van der Waals surface area contributed by atoms with E-state index in [1.807, 2.05) is 25.7 Å². The highest BCUT2D eigenvalue weighted by molar-refractivity contribution is 5.84. The van der Waals surface area contributed by atoms with Gasteiger partial charge >= 0.3 is 0 Å². The predicted molar refractivity (Wildman–Crippen MR) is 63.5 cm³/mol. The molecular formula is C12H22N2O3. The highest BCUT2D eigenvalue weighted by Gasteiger charge is 2.48. The maximum atomic E-state index is 12.6. The lowest BCUT2D eigenvalue weighted by Gasteiger charge is -2.41. The Balaban J connectivity index is 2.13. The molecule has 5 nitrogen and oxygen atoms in total. The van der Waals surface area contributed by atoms with Crippen LogP contribution in [-0.2, 0) is 14.3 Å². The number of carbonyl (C=O) groups is 1. The highest BCUT2D eigenvalue weighted by Crippen LogP contribution is 2.31. The van der Waals surface area contributed by atoms with Gasteiger partial charge in [-0.1, -0.05) is 0 Å². The van der Waals surface area contributed by atoms with Gasteiger partial charge in [0.2, 0.25) is 5.91 Å². The van der Waals surface area contributed by atoms with Crippen LogP contribution >= 0.6 is 0 Å². The summed E-state index contributed by atoms with van der Waals surface area (Å²) in [4.78, 5) is 14.5. The smallest absolute Gasteiger partial charge is 0.232 e. The third kappa shape index (κ3) is 2.19. The molecule has 0 aliphatic carbocycles. The first kappa shape index (κ1) is 12.8. The van der Waals surface area contributed by atoms with Gasteiger partial charge in [-0.15, -0.1) is 0 Å². The summed E-state index contributed by atoms with van der Waals surface area (Å²) < 4.78 is 10.9. The third-order valence-corrected chi connectivity index (χ3v) is 3.87. The summed E-state index contributed by atoms with van der Waals surface area (Å²) in [7, 11) is 0. The average molecular weight is 242 g/mol. The molecule has 0 radical (unpaired) electrons. The Kier molecular flexibility index (Phi) is 3.43. The van der Waals surface area contributed by atoms with Crippen LogP contribution in [0.5, 0.6) is 0 Å². The van der Waals surface area contributed by atoms with E-state index in [1.165, 1.54) is 0 Å². The zero-order valence-electron chi connectivity index (χ0n) is 10.8. The van der Waals surface area contributed by atoms with Gasteiger partial charge in [0, 0.05) is 12.6 Å². The maximum Gasteiger partial charge on any atom is 0.232 e. The van der Waals surface area contributed by atoms with Gasteiger partial charge in [-0.25, -0.2) is 0 Å². The lowest BCUT2D eigenvalue weighted by Crippen LogP contribution is -2.58. The highest BCUT2D eigenvalue weighted by atomic mass is 16.5. The fourth-order valence-electron chi connectivity index (χ4n) is 2.42. The molecule has 2 aliphatic rings. The molecule has 0 saturated carbocycles. The van der Waals surface area contributed by atoms with E-state index in [1.54, 1.807) is 0 Å². The van der Waals surface area contributed by atoms with Crippen LogP contribution in [0.4, 0.5) is 0 Å². The van der Waals surface area contributed by atoms with Gasteiger partial charge in [0.15, 0.2) is 0 Å². The zero-order chi connectivity index (χ0) is 12.6. The minimum atomic E-state index is -0.578. The number of ether oxygens (including phenoxy) is 2. The Morgan fingerprint density at radius 1 is 1.41 bits per heavy atom. The second-order valence-corrected chi connectivity index (χ2v) is 5.49. The molecule has 1 amide bonds. The van der Waals surface area contributed by atoms with Crippen molar-refractivity contribution in [1.29, 1.82) is 0 Å². The second-order valence-electron chi connectivity index (χ2n) is 5.49. The monoisotopic (exact) mass is 242 g/mol. The summed E-state index contributed by atoms with van der Waals surface area (Å²) in [6.45, 7) is 8.03. The van der Waals surface area contributed by atoms with Crippen molar-refractivity contribution in [3.05, 3.63) is 0 Å². The molecule has 2 saturated heterocycles. The molecular weight excluding hydrogens is 220 g/mol. The maximum absolute atomic E-state index is 12.6. The van der Waals surface area contributed by atoms with Crippen LogP contribution in [0.25, 0.3) is 0 Å². The molecule has 17 heavy (non-hydrogen) atoms. The molecule has 0 aromatic rings. The molecule has 0 spiro atoms. The fraction of sp³-hybridized carbons (Fsp3) is 0.917. The Labute approximate surface area is 102 Å². The Hall–Kier alpha value is -0.650. The number of morpholine rings is 1. The SMILES string of the molecule is CC1CN(C(=O)C2(C)COCC2N)C(C)CO1. The van der Waals surface area contributed by atoms with Crippen LogP contribution in [-0.4, -0.2) is 55.4 Å². The Bertz CT molecular complexity index is 310. The van der Waals surface area contributed by atoms with Crippen LogP contribution in [0.2, 0.25) is 0 Å². The molecule has 0 aromatic carbocycles. The van der Waals surface area contributed by atoms with Gasteiger partial charge in [-0.05, 0) is 20.8 Å². The normalized spacial score (nSPS) is 42.8. The van der Waals surface area contributed by atoms with E-state index in [0.717, 1.165) is 0 Å². The van der Waals surface area contributed by atoms with Crippen molar-refractivity contribution < 1.29 is 14.3 Å². The van der Waals surface area contributed by atoms with Crippen molar-refractivity contribution in [2.24, 2.45) is 11.1 Å². The van der Waals surface area contributed by atoms with Gasteiger partial charge < -0.3 is 20.1 Å². The topological polar surface area (TPSA) is 64.8 Å². The second kappa shape index (κ2) is 4.55. The van der Waals surface area contributed by atoms with Crippen molar-refractivity contribution >= 4 is 5.91 Å². The van der Waals surface area contributed by atoms with Crippen molar-refractivity contribution in [1.82, 2.24) is 4.90 Å². The van der Waals surface area contributed by atoms with E-state index >= 15 is 0 Å². The third-order valence-electron chi connectivity index (χ3n) is 3.87. The zero-order valence-corrected chi connectivity index (χ0v) is 10.8. The van der Waals surface area contributed by atoms with Crippen molar-refractivity contribution in [3.63, 3.8) is 0 Å². The summed E-state index contributed by atoms with van der Waals surface area (Å²) in [5.74, 6) is 0.102. The lowest BCUT2D eigenvalue weighted by molar-refractivity contribution is -0.153. The van der Waals surface area contributed by atoms with Gasteiger partial charge in [0.1, 0.15) is 0 Å². The largest absolute Gasteiger partial charge is 0.379 e. The quantitative estimate of drug-likeness (QED) is 0.702. The number of nitrogens with zero attached hydrogens (tertiary/aromatic N) is 1. The van der Waals surface area contributed by atoms with E-state index in [2.05, 4.69) is 0 Å². The summed E-state index contributed by atoms with van der Waals surface area (Å²) in [6, 6.07) is -0.0938. The minimum absolute atomic E-state index is 0.0947. The van der Waals surface area contributed by atoms with E-state index in [4.69, 9.17) is 15.2 Å². The molecule has 98 valence electrons. The molecule has 4 unspecified atom stereocenters. The Morgan fingerprint density at radius 2 is 2.12 bits per heavy atom. The Morgan fingerprint density at radius 3 is 2.71 bits per heavy atom. The van der Waals surface area contributed by atoms with E-state index in [0.29, 0.717) is 26.4 Å². The van der Waals surface area contributed by atoms with E-state index in [-0.39, 0.29) is 24.1 Å². The van der Waals surface area contributed by atoms with Crippen LogP contribution in [0.1, 0.15) is 20.8 Å². The van der Waals surface area contributed by atoms with Gasteiger partial charge in [-0.2, -0.15) is 0 Å². The summed E-state index contributed by atoms with van der Waals surface area (Å²) >= 11 is 0. The fourth-order valence-corrected chi connectivity index (χ4v) is 2.42. The van der Waals surface area contributed by atoms with Crippen LogP contribution < -0.4 is 5.73 Å². The standard InChI is InChI=1S/C12H22N2O3/c1-8-5-17-9(2)4-14(8)11(15)12(3)7-16-6-10(12)13/h8-10H,4-7,13H2,1-3H3. The van der Waals surface area contributed by atoms with Gasteiger partial charge in [0.25, 0.3) is 0 Å². The van der Waals surface area contributed by atoms with Crippen molar-refractivity contribution in [2.45, 2.75) is 39.0 Å². The molecule has 2 rings (SSSR count). The first-order chi connectivity index (χ1) is 7.95. The number of carbonyl (C=O) groups excluding carboxylic acids is 1. The molecule has 2 fully saturated rings. The molecule has 5 heteroatoms. The summed E-state index contributed by atoms with van der Waals surface area (Å²) in [6.07, 6.45) is 0.0947. The molecule has 0 aromatic heterocycles. The number of nitrogens with two attached hydrogens (primary N) is 1. The van der Waals surface area contributed by atoms with E-state index in [9.17, 15) is 4.79 Å². The number of rotatable bonds is 1.